The van der Waals surface area contributed by atoms with E-state index in [0.717, 1.165) is 4.57 Å². The van der Waals surface area contributed by atoms with Gasteiger partial charge in [-0.3, -0.25) is 10.3 Å². The maximum atomic E-state index is 11.6. The van der Waals surface area contributed by atoms with Crippen LogP contribution in [0.25, 0.3) is 0 Å². The molecule has 33 heavy (non-hydrogen) atoms. The van der Waals surface area contributed by atoms with E-state index in [2.05, 4.69) is 4.98 Å². The highest BCUT2D eigenvalue weighted by molar-refractivity contribution is 7.45. The van der Waals surface area contributed by atoms with Crippen molar-refractivity contribution in [2.75, 3.05) is 12.3 Å². The van der Waals surface area contributed by atoms with Crippen LogP contribution in [-0.4, -0.2) is 93.5 Å². The van der Waals surface area contributed by atoms with Crippen molar-refractivity contribution in [3.05, 3.63) is 22.7 Å². The van der Waals surface area contributed by atoms with Crippen LogP contribution in [0.15, 0.2) is 17.1 Å². The number of aromatic nitrogens is 2. The van der Waals surface area contributed by atoms with E-state index in [0.29, 0.717) is 0 Å². The Labute approximate surface area is 182 Å². The van der Waals surface area contributed by atoms with Gasteiger partial charge in [-0.25, -0.2) is 18.5 Å². The van der Waals surface area contributed by atoms with Gasteiger partial charge in [0.2, 0.25) is 0 Å². The fourth-order valence-electron chi connectivity index (χ4n) is 1.83. The van der Waals surface area contributed by atoms with Crippen LogP contribution in [-0.2, 0) is 18.4 Å². The van der Waals surface area contributed by atoms with Crippen LogP contribution >= 0.6 is 23.5 Å². The normalized spacial score (nSPS) is 24.9. The molecule has 196 valence electrons. The third kappa shape index (κ3) is 17.9. The van der Waals surface area contributed by atoms with Gasteiger partial charge in [-0.1, -0.05) is 0 Å². The van der Waals surface area contributed by atoms with Gasteiger partial charge in [0.15, 0.2) is 12.0 Å². The van der Waals surface area contributed by atoms with E-state index in [-0.39, 0.29) is 5.82 Å². The van der Waals surface area contributed by atoms with Crippen LogP contribution in [0.3, 0.4) is 0 Å². The Hall–Kier alpha value is -1.19. The quantitative estimate of drug-likeness (QED) is 0.120. The molecule has 24 heteroatoms. The van der Waals surface area contributed by atoms with Crippen molar-refractivity contribution < 1.29 is 77.8 Å². The monoisotopic (exact) mass is 552 g/mol. The lowest BCUT2D eigenvalue weighted by Gasteiger charge is -2.26. The number of phosphoric acid groups is 3. The van der Waals surface area contributed by atoms with Crippen molar-refractivity contribution in [3.8, 4) is 0 Å². The Morgan fingerprint density at radius 1 is 1.00 bits per heavy atom. The molecule has 0 radical (unpaired) electrons. The first-order valence-corrected chi connectivity index (χ1v) is 12.2. The molecule has 2 heterocycles. The topological polar surface area (TPSA) is 390 Å². The first kappa shape index (κ1) is 34.0. The zero-order valence-corrected chi connectivity index (χ0v) is 18.6. The molecule has 0 saturated carbocycles. The SMILES string of the molecule is Nc1ccn([C@@H]2O[C@H](CO)[C@@H](O)[C@@]2(N)O)c(=O)n1.O=P(O)(O)O.O=P(O)(O)O.O=P(O)(O)O. The summed E-state index contributed by atoms with van der Waals surface area (Å²) in [4.78, 5) is 79.7. The summed E-state index contributed by atoms with van der Waals surface area (Å²) in [5.74, 6) is 0.00839. The Balaban J connectivity index is 0. The highest BCUT2D eigenvalue weighted by Crippen LogP contribution is 2.33. The van der Waals surface area contributed by atoms with E-state index < -0.39 is 59.9 Å². The predicted octanol–water partition coefficient (Wildman–Crippen LogP) is -6.06. The lowest BCUT2D eigenvalue weighted by Crippen LogP contribution is -2.55. The van der Waals surface area contributed by atoms with Crippen LogP contribution < -0.4 is 17.2 Å². The highest BCUT2D eigenvalue weighted by Gasteiger charge is 2.54. The van der Waals surface area contributed by atoms with Crippen LogP contribution in [0.1, 0.15) is 6.23 Å². The minimum atomic E-state index is -4.64. The van der Waals surface area contributed by atoms with Crippen molar-refractivity contribution in [2.45, 2.75) is 24.2 Å². The standard InChI is InChI=1S/C9H14N4O5.3H3O4P/c10-5-1-2-13(8(16)12-5)7-9(11,17)6(15)4(3-14)18-7;3*1-5(2,3)4/h1-2,4,6-7,14-15,17H,3,11H2,(H2,10,12,16);3*(H3,1,2,3,4)/t4-,6-,7-,9-;;;/m1.../s1. The number of ether oxygens (including phenoxy) is 1. The molecule has 1 aliphatic heterocycles. The van der Waals surface area contributed by atoms with Crippen molar-refractivity contribution in [1.82, 2.24) is 9.55 Å². The molecule has 4 atom stereocenters. The Kier molecular flexibility index (Phi) is 13.4. The number of aliphatic hydroxyl groups is 3. The molecule has 21 nitrogen and oxygen atoms in total. The average Bonchev–Trinajstić information content (AvgIpc) is 2.73. The van der Waals surface area contributed by atoms with Gasteiger partial charge in [0.1, 0.15) is 18.0 Å². The molecule has 1 aromatic rings. The second-order valence-electron chi connectivity index (χ2n) is 5.62. The summed E-state index contributed by atoms with van der Waals surface area (Å²) in [6, 6.07) is 1.32. The van der Waals surface area contributed by atoms with Crippen molar-refractivity contribution in [3.63, 3.8) is 0 Å². The number of anilines is 1. The third-order valence-corrected chi connectivity index (χ3v) is 2.81. The summed E-state index contributed by atoms with van der Waals surface area (Å²) in [5.41, 5.74) is 7.85. The Morgan fingerprint density at radius 2 is 1.36 bits per heavy atom. The van der Waals surface area contributed by atoms with Gasteiger partial charge >= 0.3 is 29.2 Å². The molecule has 1 aromatic heterocycles. The number of nitrogen functional groups attached to an aromatic ring is 1. The second-order valence-corrected chi connectivity index (χ2v) is 8.70. The van der Waals surface area contributed by atoms with Gasteiger partial charge in [-0.15, -0.1) is 0 Å². The largest absolute Gasteiger partial charge is 0.466 e. The van der Waals surface area contributed by atoms with E-state index in [9.17, 15) is 15.0 Å². The van der Waals surface area contributed by atoms with Crippen LogP contribution in [0.4, 0.5) is 5.82 Å². The molecule has 1 aliphatic rings. The minimum Gasteiger partial charge on any atom is -0.394 e. The molecule has 1 fully saturated rings. The number of hydrogen-bond acceptors (Lipinski definition) is 11. The van der Waals surface area contributed by atoms with E-state index in [1.807, 2.05) is 0 Å². The smallest absolute Gasteiger partial charge is 0.394 e. The van der Waals surface area contributed by atoms with Crippen LogP contribution in [0.2, 0.25) is 0 Å². The molecule has 0 amide bonds. The minimum absolute atomic E-state index is 0.00839. The van der Waals surface area contributed by atoms with Gasteiger partial charge in [-0.2, -0.15) is 4.98 Å². The van der Waals surface area contributed by atoms with Crippen LogP contribution in [0.5, 0.6) is 0 Å². The maximum absolute atomic E-state index is 11.6. The van der Waals surface area contributed by atoms with E-state index >= 15 is 0 Å². The van der Waals surface area contributed by atoms with E-state index in [1.165, 1.54) is 12.3 Å². The third-order valence-electron chi connectivity index (χ3n) is 2.81. The molecular formula is C9H23N4O17P3. The first-order chi connectivity index (χ1) is 14.4. The zero-order chi connectivity index (χ0) is 27.0. The van der Waals surface area contributed by atoms with Gasteiger partial charge in [0, 0.05) is 6.20 Å². The summed E-state index contributed by atoms with van der Waals surface area (Å²) in [6.45, 7) is -0.547. The molecule has 0 aromatic carbocycles. The number of aliphatic hydroxyl groups excluding tert-OH is 2. The van der Waals surface area contributed by atoms with Gasteiger partial charge < -0.3 is 69.8 Å². The molecule has 0 aliphatic carbocycles. The lowest BCUT2D eigenvalue weighted by atomic mass is 10.1. The summed E-state index contributed by atoms with van der Waals surface area (Å²) >= 11 is 0. The predicted molar refractivity (Wildman–Crippen MR) is 102 cm³/mol. The highest BCUT2D eigenvalue weighted by atomic mass is 31.2. The average molecular weight is 552 g/mol. The van der Waals surface area contributed by atoms with Gasteiger partial charge in [0.25, 0.3) is 0 Å². The van der Waals surface area contributed by atoms with Crippen LogP contribution in [0, 0.1) is 0 Å². The zero-order valence-electron chi connectivity index (χ0n) is 15.9. The number of hydrogen-bond donors (Lipinski definition) is 14. The second kappa shape index (κ2) is 13.0. The molecule has 1 saturated heterocycles. The Morgan fingerprint density at radius 3 is 1.64 bits per heavy atom. The van der Waals surface area contributed by atoms with Crippen molar-refractivity contribution in [2.24, 2.45) is 5.73 Å². The molecular weight excluding hydrogens is 529 g/mol. The molecule has 0 bridgehead atoms. The van der Waals surface area contributed by atoms with Gasteiger partial charge in [0.05, 0.1) is 6.61 Å². The molecule has 0 spiro atoms. The molecule has 2 rings (SSSR count). The van der Waals surface area contributed by atoms with Crippen molar-refractivity contribution >= 4 is 29.3 Å². The Bertz CT molecular complexity index is 864. The first-order valence-electron chi connectivity index (χ1n) is 7.53. The van der Waals surface area contributed by atoms with E-state index in [4.69, 9.17) is 79.0 Å². The number of rotatable bonds is 2. The van der Waals surface area contributed by atoms with E-state index in [1.54, 1.807) is 0 Å². The maximum Gasteiger partial charge on any atom is 0.466 e. The van der Waals surface area contributed by atoms with Gasteiger partial charge in [-0.05, 0) is 6.07 Å². The summed E-state index contributed by atoms with van der Waals surface area (Å²) < 4.78 is 32.7. The number of nitrogens with zero attached hydrogens (tertiary/aromatic N) is 2. The fourth-order valence-corrected chi connectivity index (χ4v) is 1.83. The number of nitrogens with two attached hydrogens (primary N) is 2. The summed E-state index contributed by atoms with van der Waals surface area (Å²) in [6.07, 6.45) is -2.74. The van der Waals surface area contributed by atoms with Crippen molar-refractivity contribution in [1.29, 1.82) is 0 Å². The molecule has 0 unspecified atom stereocenters. The fraction of sp³-hybridized carbons (Fsp3) is 0.556. The molecule has 16 N–H and O–H groups in total. The summed E-state index contributed by atoms with van der Waals surface area (Å²) in [5, 5.41) is 28.6. The summed E-state index contributed by atoms with van der Waals surface area (Å²) in [7, 11) is -13.9. The lowest BCUT2D eigenvalue weighted by molar-refractivity contribution is -0.107.